The van der Waals surface area contributed by atoms with Crippen LogP contribution < -0.4 is 4.74 Å². The second-order valence-electron chi connectivity index (χ2n) is 5.13. The van der Waals surface area contributed by atoms with Gasteiger partial charge in [0.25, 0.3) is 0 Å². The van der Waals surface area contributed by atoms with Crippen molar-refractivity contribution in [1.29, 1.82) is 0 Å². The molecular formula is C14H18F3NO. The maximum atomic E-state index is 12.9. The van der Waals surface area contributed by atoms with Crippen molar-refractivity contribution >= 4 is 0 Å². The lowest BCUT2D eigenvalue weighted by Crippen LogP contribution is -2.36. The first-order valence-corrected chi connectivity index (χ1v) is 6.34. The van der Waals surface area contributed by atoms with Crippen molar-refractivity contribution in [1.82, 2.24) is 4.90 Å². The van der Waals surface area contributed by atoms with Crippen LogP contribution in [0, 0.1) is 0 Å². The van der Waals surface area contributed by atoms with Crippen LogP contribution >= 0.6 is 0 Å². The van der Waals surface area contributed by atoms with E-state index >= 15 is 0 Å². The van der Waals surface area contributed by atoms with Crippen molar-refractivity contribution < 1.29 is 17.9 Å². The van der Waals surface area contributed by atoms with Crippen LogP contribution in [0.5, 0.6) is 5.75 Å². The Bertz CT molecular complexity index is 468. The summed E-state index contributed by atoms with van der Waals surface area (Å²) >= 11 is 0. The van der Waals surface area contributed by atoms with Crippen LogP contribution in [0.2, 0.25) is 0 Å². The predicted octanol–water partition coefficient (Wildman–Crippen LogP) is 3.48. The van der Waals surface area contributed by atoms with Gasteiger partial charge in [0.05, 0.1) is 12.7 Å². The van der Waals surface area contributed by atoms with Gasteiger partial charge >= 0.3 is 6.18 Å². The fraction of sp³-hybridized carbons (Fsp3) is 0.571. The normalized spacial score (nSPS) is 16.6. The van der Waals surface area contributed by atoms with Gasteiger partial charge in [-0.2, -0.15) is 13.2 Å². The summed E-state index contributed by atoms with van der Waals surface area (Å²) in [5.74, 6) is 0.355. The Morgan fingerprint density at radius 3 is 2.47 bits per heavy atom. The Morgan fingerprint density at radius 1 is 1.26 bits per heavy atom. The van der Waals surface area contributed by atoms with Gasteiger partial charge in [0.1, 0.15) is 5.75 Å². The molecule has 0 N–H and O–H groups in total. The summed E-state index contributed by atoms with van der Waals surface area (Å²) < 4.78 is 43.7. The molecule has 106 valence electrons. The molecular weight excluding hydrogens is 255 g/mol. The summed E-state index contributed by atoms with van der Waals surface area (Å²) in [7, 11) is 1.42. The number of benzene rings is 1. The Hall–Kier alpha value is -1.23. The molecule has 1 aliphatic rings. The van der Waals surface area contributed by atoms with Crippen molar-refractivity contribution in [2.45, 2.75) is 39.0 Å². The zero-order valence-electron chi connectivity index (χ0n) is 11.3. The van der Waals surface area contributed by atoms with Crippen molar-refractivity contribution in [3.63, 3.8) is 0 Å². The van der Waals surface area contributed by atoms with Crippen molar-refractivity contribution in [3.05, 3.63) is 28.8 Å². The lowest BCUT2D eigenvalue weighted by atomic mass is 9.95. The Labute approximate surface area is 111 Å². The van der Waals surface area contributed by atoms with Crippen LogP contribution in [0.4, 0.5) is 13.2 Å². The van der Waals surface area contributed by atoms with E-state index in [1.54, 1.807) is 0 Å². The molecule has 0 radical (unpaired) electrons. The van der Waals surface area contributed by atoms with E-state index in [0.29, 0.717) is 18.3 Å². The highest BCUT2D eigenvalue weighted by atomic mass is 19.4. The van der Waals surface area contributed by atoms with E-state index < -0.39 is 11.7 Å². The third-order valence-electron chi connectivity index (χ3n) is 3.60. The van der Waals surface area contributed by atoms with E-state index in [1.807, 2.05) is 0 Å². The lowest BCUT2D eigenvalue weighted by molar-refractivity contribution is -0.137. The predicted molar refractivity (Wildman–Crippen MR) is 67.2 cm³/mol. The average Bonchev–Trinajstić information content (AvgIpc) is 2.35. The number of hydrogen-bond acceptors (Lipinski definition) is 2. The number of methoxy groups -OCH3 is 1. The molecule has 0 amide bonds. The minimum atomic E-state index is -4.33. The standard InChI is InChI=1S/C14H18F3NO/c1-9(2)18-5-4-12-10(8-18)6-11(14(15,16)17)7-13(12)19-3/h6-7,9H,4-5,8H2,1-3H3. The van der Waals surface area contributed by atoms with Gasteiger partial charge in [-0.3, -0.25) is 4.90 Å². The zero-order valence-corrected chi connectivity index (χ0v) is 11.3. The smallest absolute Gasteiger partial charge is 0.416 e. The Balaban J connectivity index is 2.44. The van der Waals surface area contributed by atoms with Gasteiger partial charge in [0.2, 0.25) is 0 Å². The van der Waals surface area contributed by atoms with Gasteiger partial charge in [0, 0.05) is 19.1 Å². The van der Waals surface area contributed by atoms with Gasteiger partial charge < -0.3 is 4.74 Å². The summed E-state index contributed by atoms with van der Waals surface area (Å²) in [4.78, 5) is 2.17. The summed E-state index contributed by atoms with van der Waals surface area (Å²) in [6.07, 6.45) is -3.60. The minimum absolute atomic E-state index is 0.327. The van der Waals surface area contributed by atoms with E-state index in [0.717, 1.165) is 30.2 Å². The highest BCUT2D eigenvalue weighted by molar-refractivity contribution is 5.46. The molecule has 0 aromatic heterocycles. The van der Waals surface area contributed by atoms with Crippen LogP contribution in [0.15, 0.2) is 12.1 Å². The molecule has 0 bridgehead atoms. The van der Waals surface area contributed by atoms with Gasteiger partial charge in [-0.1, -0.05) is 0 Å². The first kappa shape index (κ1) is 14.2. The SMILES string of the molecule is COc1cc(C(F)(F)F)cc2c1CCN(C(C)C)C2. The molecule has 0 unspecified atom stereocenters. The summed E-state index contributed by atoms with van der Waals surface area (Å²) in [5.41, 5.74) is 1.01. The maximum Gasteiger partial charge on any atom is 0.416 e. The molecule has 0 spiro atoms. The van der Waals surface area contributed by atoms with E-state index in [2.05, 4.69) is 18.7 Å². The zero-order chi connectivity index (χ0) is 14.2. The first-order chi connectivity index (χ1) is 8.82. The maximum absolute atomic E-state index is 12.9. The van der Waals surface area contributed by atoms with E-state index in [1.165, 1.54) is 13.2 Å². The van der Waals surface area contributed by atoms with Gasteiger partial charge in [0.15, 0.2) is 0 Å². The lowest BCUT2D eigenvalue weighted by Gasteiger charge is -2.33. The van der Waals surface area contributed by atoms with Crippen LogP contribution in [0.1, 0.15) is 30.5 Å². The number of hydrogen-bond donors (Lipinski definition) is 0. The number of halogens is 3. The quantitative estimate of drug-likeness (QED) is 0.818. The molecule has 0 saturated heterocycles. The molecule has 0 atom stereocenters. The third-order valence-corrected chi connectivity index (χ3v) is 3.60. The minimum Gasteiger partial charge on any atom is -0.496 e. The summed E-state index contributed by atoms with van der Waals surface area (Å²) in [6.45, 7) is 5.51. The third kappa shape index (κ3) is 2.86. The monoisotopic (exact) mass is 273 g/mol. The number of nitrogens with zero attached hydrogens (tertiary/aromatic N) is 1. The van der Waals surface area contributed by atoms with Crippen LogP contribution in [-0.2, 0) is 19.1 Å². The molecule has 1 aromatic rings. The second-order valence-corrected chi connectivity index (χ2v) is 5.13. The van der Waals surface area contributed by atoms with E-state index in [4.69, 9.17) is 4.74 Å². The Kier molecular flexibility index (Phi) is 3.76. The summed E-state index contributed by atoms with van der Waals surface area (Å²) in [6, 6.07) is 2.68. The molecule has 1 aromatic carbocycles. The molecule has 0 fully saturated rings. The van der Waals surface area contributed by atoms with Crippen molar-refractivity contribution in [2.24, 2.45) is 0 Å². The number of ether oxygens (including phenoxy) is 1. The molecule has 5 heteroatoms. The molecule has 1 heterocycles. The molecule has 2 nitrogen and oxygen atoms in total. The average molecular weight is 273 g/mol. The first-order valence-electron chi connectivity index (χ1n) is 6.34. The highest BCUT2D eigenvalue weighted by Gasteiger charge is 2.33. The molecule has 2 rings (SSSR count). The van der Waals surface area contributed by atoms with Gasteiger partial charge in [-0.25, -0.2) is 0 Å². The van der Waals surface area contributed by atoms with Crippen molar-refractivity contribution in [3.8, 4) is 5.75 Å². The molecule has 0 saturated carbocycles. The molecule has 19 heavy (non-hydrogen) atoms. The van der Waals surface area contributed by atoms with Crippen LogP contribution in [0.25, 0.3) is 0 Å². The number of fused-ring (bicyclic) bond motifs is 1. The second kappa shape index (κ2) is 5.04. The van der Waals surface area contributed by atoms with E-state index in [9.17, 15) is 13.2 Å². The van der Waals surface area contributed by atoms with Gasteiger partial charge in [-0.15, -0.1) is 0 Å². The highest BCUT2D eigenvalue weighted by Crippen LogP contribution is 2.37. The van der Waals surface area contributed by atoms with Gasteiger partial charge in [-0.05, 0) is 43.5 Å². The largest absolute Gasteiger partial charge is 0.496 e. The van der Waals surface area contributed by atoms with Crippen molar-refractivity contribution in [2.75, 3.05) is 13.7 Å². The molecule has 0 aliphatic carbocycles. The summed E-state index contributed by atoms with van der Waals surface area (Å²) in [5, 5.41) is 0. The van der Waals surface area contributed by atoms with E-state index in [-0.39, 0.29) is 0 Å². The topological polar surface area (TPSA) is 12.5 Å². The fourth-order valence-electron chi connectivity index (χ4n) is 2.47. The van der Waals surface area contributed by atoms with Crippen LogP contribution in [0.3, 0.4) is 0 Å². The number of alkyl halides is 3. The molecule has 1 aliphatic heterocycles. The number of rotatable bonds is 2. The van der Waals surface area contributed by atoms with Crippen LogP contribution in [-0.4, -0.2) is 24.6 Å². The fourth-order valence-corrected chi connectivity index (χ4v) is 2.47. The Morgan fingerprint density at radius 2 is 1.95 bits per heavy atom.